The van der Waals surface area contributed by atoms with Crippen molar-refractivity contribution in [2.24, 2.45) is 0 Å². The maximum absolute atomic E-state index is 12.1. The third-order valence-corrected chi connectivity index (χ3v) is 2.88. The number of carbonyl (C=O) groups is 1. The molecule has 2 aromatic heterocycles. The first-order valence-electron chi connectivity index (χ1n) is 6.08. The molecule has 0 spiro atoms. The van der Waals surface area contributed by atoms with Crippen LogP contribution in [0.2, 0.25) is 5.15 Å². The molecule has 0 bridgehead atoms. The van der Waals surface area contributed by atoms with E-state index >= 15 is 0 Å². The number of rotatable bonds is 4. The van der Waals surface area contributed by atoms with Crippen LogP contribution in [0.25, 0.3) is 0 Å². The van der Waals surface area contributed by atoms with Crippen molar-refractivity contribution in [3.63, 3.8) is 0 Å². The maximum atomic E-state index is 12.1. The molecule has 0 aromatic carbocycles. The molecule has 2 rings (SSSR count). The summed E-state index contributed by atoms with van der Waals surface area (Å²) in [5, 5.41) is 9.68. The highest BCUT2D eigenvalue weighted by atomic mass is 35.5. The maximum Gasteiger partial charge on any atom is 0.256 e. The Bertz CT molecular complexity index is 594. The van der Waals surface area contributed by atoms with Crippen molar-refractivity contribution in [1.82, 2.24) is 15.2 Å². The standard InChI is InChI=1S/C13H15ClN4O/c1-3-4-10-5-9(6-11(14)16-10)13(19)17-12-8(2)7-15-18-12/h5-7H,3-4H2,1-2H3,(H2,15,17,18,19). The summed E-state index contributed by atoms with van der Waals surface area (Å²) >= 11 is 5.93. The number of aromatic nitrogens is 3. The van der Waals surface area contributed by atoms with E-state index in [9.17, 15) is 4.79 Å². The number of anilines is 1. The molecule has 5 nitrogen and oxygen atoms in total. The van der Waals surface area contributed by atoms with E-state index in [-0.39, 0.29) is 5.91 Å². The Morgan fingerprint density at radius 3 is 2.89 bits per heavy atom. The van der Waals surface area contributed by atoms with Gasteiger partial charge in [0.25, 0.3) is 5.91 Å². The summed E-state index contributed by atoms with van der Waals surface area (Å²) < 4.78 is 0. The topological polar surface area (TPSA) is 70.7 Å². The number of amides is 1. The molecular weight excluding hydrogens is 264 g/mol. The third kappa shape index (κ3) is 3.32. The largest absolute Gasteiger partial charge is 0.307 e. The molecule has 2 heterocycles. The number of halogens is 1. The zero-order chi connectivity index (χ0) is 13.8. The molecular formula is C13H15ClN4O. The molecule has 0 fully saturated rings. The Hall–Kier alpha value is -1.88. The van der Waals surface area contributed by atoms with E-state index in [2.05, 4.69) is 27.4 Å². The highest BCUT2D eigenvalue weighted by molar-refractivity contribution is 6.29. The van der Waals surface area contributed by atoms with Crippen molar-refractivity contribution >= 4 is 23.3 Å². The lowest BCUT2D eigenvalue weighted by Crippen LogP contribution is -2.13. The summed E-state index contributed by atoms with van der Waals surface area (Å²) in [6.07, 6.45) is 3.40. The molecule has 0 aliphatic heterocycles. The van der Waals surface area contributed by atoms with Gasteiger partial charge in [0, 0.05) is 16.8 Å². The lowest BCUT2D eigenvalue weighted by Gasteiger charge is -2.06. The van der Waals surface area contributed by atoms with Crippen molar-refractivity contribution in [3.05, 3.63) is 40.3 Å². The number of H-pyrrole nitrogens is 1. The van der Waals surface area contributed by atoms with Gasteiger partial charge in [0.15, 0.2) is 0 Å². The summed E-state index contributed by atoms with van der Waals surface area (Å²) in [5.74, 6) is 0.365. The Labute approximate surface area is 116 Å². The Balaban J connectivity index is 2.21. The molecule has 100 valence electrons. The van der Waals surface area contributed by atoms with Crippen molar-refractivity contribution in [2.75, 3.05) is 5.32 Å². The molecule has 0 saturated heterocycles. The van der Waals surface area contributed by atoms with E-state index in [1.807, 2.05) is 6.92 Å². The van der Waals surface area contributed by atoms with E-state index < -0.39 is 0 Å². The molecule has 0 unspecified atom stereocenters. The molecule has 1 amide bonds. The zero-order valence-corrected chi connectivity index (χ0v) is 11.6. The average molecular weight is 279 g/mol. The third-order valence-electron chi connectivity index (χ3n) is 2.68. The number of pyridine rings is 1. The number of nitrogens with one attached hydrogen (secondary N) is 2. The predicted molar refractivity (Wildman–Crippen MR) is 74.5 cm³/mol. The number of carbonyl (C=O) groups excluding carboxylic acids is 1. The van der Waals surface area contributed by atoms with Crippen molar-refractivity contribution in [3.8, 4) is 0 Å². The molecule has 2 aromatic rings. The molecule has 2 N–H and O–H groups in total. The molecule has 0 radical (unpaired) electrons. The molecule has 0 atom stereocenters. The van der Waals surface area contributed by atoms with Gasteiger partial charge in [-0.05, 0) is 25.5 Å². The molecule has 0 aliphatic rings. The number of hydrogen-bond acceptors (Lipinski definition) is 3. The Morgan fingerprint density at radius 1 is 1.47 bits per heavy atom. The minimum atomic E-state index is -0.228. The van der Waals surface area contributed by atoms with Crippen LogP contribution in [0.3, 0.4) is 0 Å². The summed E-state index contributed by atoms with van der Waals surface area (Å²) in [5.41, 5.74) is 2.20. The van der Waals surface area contributed by atoms with E-state index in [1.54, 1.807) is 18.3 Å². The first-order valence-corrected chi connectivity index (χ1v) is 6.45. The fraction of sp³-hybridized carbons (Fsp3) is 0.308. The van der Waals surface area contributed by atoms with Gasteiger partial charge < -0.3 is 5.32 Å². The van der Waals surface area contributed by atoms with Crippen LogP contribution in [0.1, 0.15) is 35.0 Å². The minimum Gasteiger partial charge on any atom is -0.307 e. The molecule has 19 heavy (non-hydrogen) atoms. The van der Waals surface area contributed by atoms with Gasteiger partial charge in [0.1, 0.15) is 11.0 Å². The van der Waals surface area contributed by atoms with Crippen molar-refractivity contribution in [1.29, 1.82) is 0 Å². The van der Waals surface area contributed by atoms with Crippen LogP contribution in [0.5, 0.6) is 0 Å². The summed E-state index contributed by atoms with van der Waals surface area (Å²) in [6.45, 7) is 3.91. The van der Waals surface area contributed by atoms with Gasteiger partial charge in [0.05, 0.1) is 6.20 Å². The highest BCUT2D eigenvalue weighted by Crippen LogP contribution is 2.15. The predicted octanol–water partition coefficient (Wildman–Crippen LogP) is 2.97. The Kier molecular flexibility index (Phi) is 4.16. The second kappa shape index (κ2) is 5.84. The van der Waals surface area contributed by atoms with Crippen LogP contribution in [0.4, 0.5) is 5.82 Å². The normalized spacial score (nSPS) is 10.5. The van der Waals surface area contributed by atoms with Crippen LogP contribution < -0.4 is 5.32 Å². The number of hydrogen-bond donors (Lipinski definition) is 2. The number of aromatic amines is 1. The van der Waals surface area contributed by atoms with Gasteiger partial charge in [-0.1, -0.05) is 24.9 Å². The quantitative estimate of drug-likeness (QED) is 0.845. The van der Waals surface area contributed by atoms with Crippen LogP contribution in [0.15, 0.2) is 18.3 Å². The summed E-state index contributed by atoms with van der Waals surface area (Å²) in [7, 11) is 0. The second-order valence-corrected chi connectivity index (χ2v) is 4.69. The van der Waals surface area contributed by atoms with Gasteiger partial charge in [-0.25, -0.2) is 4.98 Å². The van der Waals surface area contributed by atoms with Crippen LogP contribution in [-0.4, -0.2) is 21.1 Å². The highest BCUT2D eigenvalue weighted by Gasteiger charge is 2.11. The molecule has 0 aliphatic carbocycles. The fourth-order valence-electron chi connectivity index (χ4n) is 1.73. The van der Waals surface area contributed by atoms with Gasteiger partial charge in [-0.15, -0.1) is 0 Å². The van der Waals surface area contributed by atoms with Gasteiger partial charge in [-0.2, -0.15) is 5.10 Å². The monoisotopic (exact) mass is 278 g/mol. The van der Waals surface area contributed by atoms with Gasteiger partial charge in [-0.3, -0.25) is 9.89 Å². The summed E-state index contributed by atoms with van der Waals surface area (Å²) in [4.78, 5) is 16.3. The number of nitrogens with zero attached hydrogens (tertiary/aromatic N) is 2. The second-order valence-electron chi connectivity index (χ2n) is 4.30. The Morgan fingerprint density at radius 2 is 2.26 bits per heavy atom. The van der Waals surface area contributed by atoms with Gasteiger partial charge in [0.2, 0.25) is 0 Å². The van der Waals surface area contributed by atoms with E-state index in [4.69, 9.17) is 11.6 Å². The van der Waals surface area contributed by atoms with Crippen LogP contribution in [-0.2, 0) is 6.42 Å². The minimum absolute atomic E-state index is 0.228. The van der Waals surface area contributed by atoms with E-state index in [0.717, 1.165) is 24.1 Å². The van der Waals surface area contributed by atoms with E-state index in [1.165, 1.54) is 0 Å². The fourth-order valence-corrected chi connectivity index (χ4v) is 1.95. The lowest BCUT2D eigenvalue weighted by molar-refractivity contribution is 0.102. The van der Waals surface area contributed by atoms with Crippen LogP contribution >= 0.6 is 11.6 Å². The van der Waals surface area contributed by atoms with Crippen molar-refractivity contribution in [2.45, 2.75) is 26.7 Å². The first kappa shape index (κ1) is 13.5. The summed E-state index contributed by atoms with van der Waals surface area (Å²) in [6, 6.07) is 3.32. The molecule has 6 heteroatoms. The zero-order valence-electron chi connectivity index (χ0n) is 10.8. The SMILES string of the molecule is CCCc1cc(C(=O)Nc2[nH]ncc2C)cc(Cl)n1. The first-order chi connectivity index (χ1) is 9.10. The van der Waals surface area contributed by atoms with E-state index in [0.29, 0.717) is 16.5 Å². The molecule has 0 saturated carbocycles. The van der Waals surface area contributed by atoms with Gasteiger partial charge >= 0.3 is 0 Å². The number of aryl methyl sites for hydroxylation is 2. The van der Waals surface area contributed by atoms with Crippen molar-refractivity contribution < 1.29 is 4.79 Å². The average Bonchev–Trinajstić information content (AvgIpc) is 2.75. The lowest BCUT2D eigenvalue weighted by atomic mass is 10.1. The van der Waals surface area contributed by atoms with Crippen LogP contribution in [0, 0.1) is 6.92 Å². The smallest absolute Gasteiger partial charge is 0.256 e.